The van der Waals surface area contributed by atoms with E-state index in [-0.39, 0.29) is 0 Å². The van der Waals surface area contributed by atoms with Crippen LogP contribution in [0.3, 0.4) is 0 Å². The van der Waals surface area contributed by atoms with Crippen LogP contribution in [0, 0.1) is 5.92 Å². The van der Waals surface area contributed by atoms with E-state index in [1.54, 1.807) is 0 Å². The van der Waals surface area contributed by atoms with E-state index >= 15 is 0 Å². The molecule has 0 amide bonds. The first kappa shape index (κ1) is 13.2. The van der Waals surface area contributed by atoms with Gasteiger partial charge in [-0.15, -0.1) is 0 Å². The van der Waals surface area contributed by atoms with Crippen molar-refractivity contribution in [3.8, 4) is 0 Å². The van der Waals surface area contributed by atoms with Gasteiger partial charge in [0.15, 0.2) is 0 Å². The molecule has 2 rings (SSSR count). The van der Waals surface area contributed by atoms with Crippen molar-refractivity contribution < 1.29 is 0 Å². The van der Waals surface area contributed by atoms with Crippen molar-refractivity contribution in [2.24, 2.45) is 11.7 Å². The molecule has 17 heavy (non-hydrogen) atoms. The average Bonchev–Trinajstić information content (AvgIpc) is 2.29. The lowest BCUT2D eigenvalue weighted by Gasteiger charge is -2.35. The maximum Gasteiger partial charge on any atom is 0.0452 e. The Bertz CT molecular complexity index is 395. The lowest BCUT2D eigenvalue weighted by atomic mass is 9.94. The Balaban J connectivity index is 2.03. The highest BCUT2D eigenvalue weighted by Crippen LogP contribution is 2.24. The molecular weight excluding hydrogens is 255 g/mol. The van der Waals surface area contributed by atoms with E-state index in [1.807, 2.05) is 18.2 Å². The summed E-state index contributed by atoms with van der Waals surface area (Å²) in [7, 11) is 0. The molecule has 2 atom stereocenters. The van der Waals surface area contributed by atoms with E-state index in [0.717, 1.165) is 41.7 Å². The predicted molar refractivity (Wildman–Crippen MR) is 73.5 cm³/mol. The van der Waals surface area contributed by atoms with Crippen LogP contribution in [0.4, 0.5) is 0 Å². The molecule has 1 aliphatic rings. The molecule has 1 aromatic rings. The first-order chi connectivity index (χ1) is 8.06. The second kappa shape index (κ2) is 5.57. The number of likely N-dealkylation sites (tertiary alicyclic amines) is 1. The quantitative estimate of drug-likeness (QED) is 0.896. The van der Waals surface area contributed by atoms with Crippen LogP contribution in [0.2, 0.25) is 10.0 Å². The summed E-state index contributed by atoms with van der Waals surface area (Å²) in [6, 6.07) is 5.96. The molecule has 94 valence electrons. The molecule has 0 aliphatic carbocycles. The fraction of sp³-hybridized carbons (Fsp3) is 0.538. The molecule has 0 saturated carbocycles. The summed E-state index contributed by atoms with van der Waals surface area (Å²) >= 11 is 12.2. The van der Waals surface area contributed by atoms with Gasteiger partial charge in [-0.3, -0.25) is 4.90 Å². The fourth-order valence-electron chi connectivity index (χ4n) is 2.30. The summed E-state index contributed by atoms with van der Waals surface area (Å²) in [6.07, 6.45) is 1.05. The van der Waals surface area contributed by atoms with Gasteiger partial charge in [0.05, 0.1) is 0 Å². The molecule has 1 fully saturated rings. The Kier molecular flexibility index (Phi) is 4.31. The number of nitrogens with zero attached hydrogens (tertiary/aromatic N) is 1. The number of halogens is 2. The summed E-state index contributed by atoms with van der Waals surface area (Å²) < 4.78 is 0. The smallest absolute Gasteiger partial charge is 0.0452 e. The maximum absolute atomic E-state index is 6.17. The molecule has 1 heterocycles. The van der Waals surface area contributed by atoms with Crippen molar-refractivity contribution in [2.75, 3.05) is 13.1 Å². The fourth-order valence-corrected chi connectivity index (χ4v) is 2.67. The molecule has 0 aromatic heterocycles. The Morgan fingerprint density at radius 1 is 1.41 bits per heavy atom. The van der Waals surface area contributed by atoms with Crippen molar-refractivity contribution in [2.45, 2.75) is 25.9 Å². The number of benzene rings is 1. The van der Waals surface area contributed by atoms with Crippen LogP contribution < -0.4 is 5.73 Å². The van der Waals surface area contributed by atoms with Gasteiger partial charge in [-0.05, 0) is 42.6 Å². The van der Waals surface area contributed by atoms with Gasteiger partial charge in [0.25, 0.3) is 0 Å². The standard InChI is InChI=1S/C13H18Cl2N2/c1-9-7-17(5-4-13(9)16)8-10-6-11(14)2-3-12(10)15/h2-3,6,9,13H,4-5,7-8,16H2,1H3. The van der Waals surface area contributed by atoms with E-state index in [1.165, 1.54) is 0 Å². The van der Waals surface area contributed by atoms with Crippen molar-refractivity contribution in [3.05, 3.63) is 33.8 Å². The summed E-state index contributed by atoms with van der Waals surface area (Å²) in [4.78, 5) is 2.39. The third kappa shape index (κ3) is 3.35. The van der Waals surface area contributed by atoms with E-state index in [0.29, 0.717) is 12.0 Å². The zero-order valence-corrected chi connectivity index (χ0v) is 11.5. The van der Waals surface area contributed by atoms with Crippen LogP contribution >= 0.6 is 23.2 Å². The highest BCUT2D eigenvalue weighted by Gasteiger charge is 2.23. The molecule has 0 spiro atoms. The summed E-state index contributed by atoms with van der Waals surface area (Å²) in [5.74, 6) is 0.543. The number of rotatable bonds is 2. The van der Waals surface area contributed by atoms with Gasteiger partial charge in [0.2, 0.25) is 0 Å². The second-order valence-corrected chi connectivity index (χ2v) is 5.74. The van der Waals surface area contributed by atoms with Gasteiger partial charge in [-0.1, -0.05) is 30.1 Å². The molecular formula is C13H18Cl2N2. The molecule has 1 aliphatic heterocycles. The van der Waals surface area contributed by atoms with Gasteiger partial charge in [0.1, 0.15) is 0 Å². The van der Waals surface area contributed by atoms with Crippen molar-refractivity contribution >= 4 is 23.2 Å². The Morgan fingerprint density at radius 3 is 2.88 bits per heavy atom. The van der Waals surface area contributed by atoms with Crippen LogP contribution in [0.25, 0.3) is 0 Å². The Morgan fingerprint density at radius 2 is 2.18 bits per heavy atom. The maximum atomic E-state index is 6.17. The highest BCUT2D eigenvalue weighted by molar-refractivity contribution is 6.33. The highest BCUT2D eigenvalue weighted by atomic mass is 35.5. The largest absolute Gasteiger partial charge is 0.327 e. The first-order valence-electron chi connectivity index (χ1n) is 5.98. The van der Waals surface area contributed by atoms with Gasteiger partial charge in [0, 0.05) is 29.2 Å². The molecule has 0 bridgehead atoms. The number of piperidine rings is 1. The summed E-state index contributed by atoms with van der Waals surface area (Å²) in [6.45, 7) is 5.13. The van der Waals surface area contributed by atoms with Crippen LogP contribution in [0.5, 0.6) is 0 Å². The molecule has 2 unspecified atom stereocenters. The third-order valence-electron chi connectivity index (χ3n) is 3.46. The van der Waals surface area contributed by atoms with Crippen molar-refractivity contribution in [1.82, 2.24) is 4.90 Å². The van der Waals surface area contributed by atoms with E-state index in [4.69, 9.17) is 28.9 Å². The van der Waals surface area contributed by atoms with E-state index in [9.17, 15) is 0 Å². The minimum Gasteiger partial charge on any atom is -0.327 e. The molecule has 1 saturated heterocycles. The SMILES string of the molecule is CC1CN(Cc2cc(Cl)ccc2Cl)CCC1N. The Hall–Kier alpha value is -0.280. The number of nitrogens with two attached hydrogens (primary N) is 1. The van der Waals surface area contributed by atoms with Gasteiger partial charge in [-0.25, -0.2) is 0 Å². The molecule has 2 N–H and O–H groups in total. The van der Waals surface area contributed by atoms with Gasteiger partial charge in [-0.2, -0.15) is 0 Å². The van der Waals surface area contributed by atoms with Crippen molar-refractivity contribution in [1.29, 1.82) is 0 Å². The van der Waals surface area contributed by atoms with Gasteiger partial charge >= 0.3 is 0 Å². The predicted octanol–water partition coefficient (Wildman–Crippen LogP) is 3.16. The summed E-state index contributed by atoms with van der Waals surface area (Å²) in [5.41, 5.74) is 7.11. The Labute approximate surface area is 113 Å². The van der Waals surface area contributed by atoms with Gasteiger partial charge < -0.3 is 5.73 Å². The van der Waals surface area contributed by atoms with Crippen LogP contribution in [-0.2, 0) is 6.54 Å². The van der Waals surface area contributed by atoms with Crippen molar-refractivity contribution in [3.63, 3.8) is 0 Å². The van der Waals surface area contributed by atoms with Crippen LogP contribution in [0.15, 0.2) is 18.2 Å². The van der Waals surface area contributed by atoms with Crippen LogP contribution in [-0.4, -0.2) is 24.0 Å². The number of hydrogen-bond acceptors (Lipinski definition) is 2. The third-order valence-corrected chi connectivity index (χ3v) is 4.06. The molecule has 2 nitrogen and oxygen atoms in total. The average molecular weight is 273 g/mol. The van der Waals surface area contributed by atoms with Crippen LogP contribution in [0.1, 0.15) is 18.9 Å². The first-order valence-corrected chi connectivity index (χ1v) is 6.73. The van der Waals surface area contributed by atoms with E-state index < -0.39 is 0 Å². The lowest BCUT2D eigenvalue weighted by molar-refractivity contribution is 0.158. The normalized spacial score (nSPS) is 26.1. The minimum absolute atomic E-state index is 0.334. The zero-order chi connectivity index (χ0) is 12.4. The summed E-state index contributed by atoms with van der Waals surface area (Å²) in [5, 5.41) is 1.53. The molecule has 1 aromatic carbocycles. The second-order valence-electron chi connectivity index (χ2n) is 4.90. The zero-order valence-electron chi connectivity index (χ0n) is 10.00. The molecule has 0 radical (unpaired) electrons. The topological polar surface area (TPSA) is 29.3 Å². The minimum atomic E-state index is 0.334. The molecule has 4 heteroatoms. The van der Waals surface area contributed by atoms with E-state index in [2.05, 4.69) is 11.8 Å². The number of hydrogen-bond donors (Lipinski definition) is 1. The monoisotopic (exact) mass is 272 g/mol. The lowest BCUT2D eigenvalue weighted by Crippen LogP contribution is -2.45.